The molecule has 0 amide bonds. The predicted octanol–water partition coefficient (Wildman–Crippen LogP) is 5.17. The molecule has 0 fully saturated rings. The molecule has 2 aromatic rings. The zero-order chi connectivity index (χ0) is 14.5. The van der Waals surface area contributed by atoms with E-state index in [0.717, 1.165) is 5.56 Å². The Balaban J connectivity index is 2.18. The lowest BCUT2D eigenvalue weighted by Gasteiger charge is -2.11. The number of rotatable bonds is 5. The van der Waals surface area contributed by atoms with E-state index < -0.39 is 0 Å². The molecule has 2 rings (SSSR count). The number of carbonyl (C=O) groups is 1. The van der Waals surface area contributed by atoms with Gasteiger partial charge in [-0.1, -0.05) is 60.5 Å². The predicted molar refractivity (Wildman–Crippen MR) is 81.9 cm³/mol. The van der Waals surface area contributed by atoms with Gasteiger partial charge in [-0.15, -0.1) is 0 Å². The first-order valence-electron chi connectivity index (χ1n) is 6.31. The smallest absolute Gasteiger partial charge is 0.164 e. The van der Waals surface area contributed by atoms with Crippen LogP contribution in [0, 0.1) is 0 Å². The first-order chi connectivity index (χ1) is 9.63. The molecule has 0 atom stereocenters. The van der Waals surface area contributed by atoms with Gasteiger partial charge in [0.2, 0.25) is 0 Å². The Labute approximate surface area is 128 Å². The SMILES string of the molecule is CCC(=O)c1ccc(OCc2ccccc2)c(Cl)c1Cl. The van der Waals surface area contributed by atoms with Crippen molar-refractivity contribution in [2.75, 3.05) is 0 Å². The maximum atomic E-state index is 11.7. The number of hydrogen-bond donors (Lipinski definition) is 0. The number of ether oxygens (including phenoxy) is 1. The van der Waals surface area contributed by atoms with Crippen LogP contribution in [0.5, 0.6) is 5.75 Å². The highest BCUT2D eigenvalue weighted by molar-refractivity contribution is 6.44. The molecule has 0 spiro atoms. The lowest BCUT2D eigenvalue weighted by molar-refractivity contribution is 0.0988. The Bertz CT molecular complexity index is 609. The molecule has 0 aliphatic rings. The number of benzene rings is 2. The minimum Gasteiger partial charge on any atom is -0.487 e. The van der Waals surface area contributed by atoms with Gasteiger partial charge in [0.1, 0.15) is 17.4 Å². The molecule has 4 heteroatoms. The fourth-order valence-electron chi connectivity index (χ4n) is 1.78. The van der Waals surface area contributed by atoms with E-state index in [-0.39, 0.29) is 15.8 Å². The molecule has 0 N–H and O–H groups in total. The van der Waals surface area contributed by atoms with Gasteiger partial charge >= 0.3 is 0 Å². The molecule has 0 saturated carbocycles. The maximum absolute atomic E-state index is 11.7. The van der Waals surface area contributed by atoms with Crippen molar-refractivity contribution in [3.05, 3.63) is 63.6 Å². The molecular weight excluding hydrogens is 295 g/mol. The van der Waals surface area contributed by atoms with Gasteiger partial charge in [0, 0.05) is 12.0 Å². The lowest BCUT2D eigenvalue weighted by Crippen LogP contribution is -2.00. The van der Waals surface area contributed by atoms with E-state index >= 15 is 0 Å². The van der Waals surface area contributed by atoms with E-state index in [9.17, 15) is 4.79 Å². The molecule has 2 aromatic carbocycles. The first-order valence-corrected chi connectivity index (χ1v) is 7.07. The van der Waals surface area contributed by atoms with Gasteiger partial charge in [-0.05, 0) is 17.7 Å². The van der Waals surface area contributed by atoms with Crippen LogP contribution in [0.25, 0.3) is 0 Å². The van der Waals surface area contributed by atoms with Crippen molar-refractivity contribution in [1.29, 1.82) is 0 Å². The summed E-state index contributed by atoms with van der Waals surface area (Å²) in [6.07, 6.45) is 0.389. The molecule has 0 heterocycles. The van der Waals surface area contributed by atoms with Crippen LogP contribution in [-0.4, -0.2) is 5.78 Å². The number of hydrogen-bond acceptors (Lipinski definition) is 2. The minimum atomic E-state index is -0.0356. The fourth-order valence-corrected chi connectivity index (χ4v) is 2.27. The van der Waals surface area contributed by atoms with Crippen LogP contribution in [0.1, 0.15) is 29.3 Å². The standard InChI is InChI=1S/C16H14Cl2O2/c1-2-13(19)12-8-9-14(16(18)15(12)17)20-10-11-6-4-3-5-7-11/h3-9H,2,10H2,1H3. The fraction of sp³-hybridized carbons (Fsp3) is 0.188. The normalized spacial score (nSPS) is 10.3. The highest BCUT2D eigenvalue weighted by Gasteiger charge is 2.15. The minimum absolute atomic E-state index is 0.0356. The quantitative estimate of drug-likeness (QED) is 0.713. The molecule has 0 radical (unpaired) electrons. The summed E-state index contributed by atoms with van der Waals surface area (Å²) in [5.74, 6) is 0.444. The van der Waals surface area contributed by atoms with Gasteiger partial charge in [0.15, 0.2) is 5.78 Å². The molecule has 0 saturated heterocycles. The summed E-state index contributed by atoms with van der Waals surface area (Å²) >= 11 is 12.3. The second kappa shape index (κ2) is 6.78. The molecule has 0 unspecified atom stereocenters. The summed E-state index contributed by atoms with van der Waals surface area (Å²) in [5, 5.41) is 0.533. The Morgan fingerprint density at radius 3 is 2.40 bits per heavy atom. The summed E-state index contributed by atoms with van der Waals surface area (Å²) in [7, 11) is 0. The average Bonchev–Trinajstić information content (AvgIpc) is 2.49. The summed E-state index contributed by atoms with van der Waals surface area (Å²) in [6.45, 7) is 2.18. The number of ketones is 1. The summed E-state index contributed by atoms with van der Waals surface area (Å²) < 4.78 is 5.64. The average molecular weight is 309 g/mol. The van der Waals surface area contributed by atoms with Crippen molar-refractivity contribution in [3.8, 4) is 5.75 Å². The Kier molecular flexibility index (Phi) is 5.05. The molecular formula is C16H14Cl2O2. The van der Waals surface area contributed by atoms with E-state index in [0.29, 0.717) is 24.3 Å². The maximum Gasteiger partial charge on any atom is 0.164 e. The molecule has 0 aliphatic carbocycles. The van der Waals surface area contributed by atoms with Crippen molar-refractivity contribution in [2.24, 2.45) is 0 Å². The Hall–Kier alpha value is -1.51. The Morgan fingerprint density at radius 1 is 1.05 bits per heavy atom. The zero-order valence-corrected chi connectivity index (χ0v) is 12.5. The van der Waals surface area contributed by atoms with Crippen LogP contribution in [-0.2, 0) is 6.61 Å². The highest BCUT2D eigenvalue weighted by atomic mass is 35.5. The molecule has 0 bridgehead atoms. The van der Waals surface area contributed by atoms with Crippen LogP contribution in [0.2, 0.25) is 10.0 Å². The molecule has 20 heavy (non-hydrogen) atoms. The van der Waals surface area contributed by atoms with Crippen molar-refractivity contribution < 1.29 is 9.53 Å². The van der Waals surface area contributed by atoms with Gasteiger partial charge < -0.3 is 4.74 Å². The number of halogens is 2. The monoisotopic (exact) mass is 308 g/mol. The van der Waals surface area contributed by atoms with E-state index in [4.69, 9.17) is 27.9 Å². The van der Waals surface area contributed by atoms with E-state index in [1.54, 1.807) is 19.1 Å². The topological polar surface area (TPSA) is 26.3 Å². The molecule has 2 nitrogen and oxygen atoms in total. The van der Waals surface area contributed by atoms with Crippen LogP contribution >= 0.6 is 23.2 Å². The highest BCUT2D eigenvalue weighted by Crippen LogP contribution is 2.35. The van der Waals surface area contributed by atoms with E-state index in [1.807, 2.05) is 30.3 Å². The van der Waals surface area contributed by atoms with Crippen LogP contribution < -0.4 is 4.74 Å². The molecule has 0 aromatic heterocycles. The third kappa shape index (κ3) is 3.33. The van der Waals surface area contributed by atoms with Crippen molar-refractivity contribution in [2.45, 2.75) is 20.0 Å². The van der Waals surface area contributed by atoms with Crippen molar-refractivity contribution >= 4 is 29.0 Å². The lowest BCUT2D eigenvalue weighted by atomic mass is 10.1. The summed E-state index contributed by atoms with van der Waals surface area (Å²) in [5.41, 5.74) is 1.47. The van der Waals surface area contributed by atoms with Crippen LogP contribution in [0.3, 0.4) is 0 Å². The van der Waals surface area contributed by atoms with Gasteiger partial charge in [-0.25, -0.2) is 0 Å². The van der Waals surface area contributed by atoms with Crippen LogP contribution in [0.15, 0.2) is 42.5 Å². The summed E-state index contributed by atoms with van der Waals surface area (Å²) in [4.78, 5) is 11.7. The number of Topliss-reactive ketones (excluding diaryl/α,β-unsaturated/α-hetero) is 1. The van der Waals surface area contributed by atoms with Crippen molar-refractivity contribution in [1.82, 2.24) is 0 Å². The van der Waals surface area contributed by atoms with Gasteiger partial charge in [0.25, 0.3) is 0 Å². The second-order valence-corrected chi connectivity index (χ2v) is 5.05. The number of carbonyl (C=O) groups excluding carboxylic acids is 1. The second-order valence-electron chi connectivity index (χ2n) is 4.29. The van der Waals surface area contributed by atoms with Gasteiger partial charge in [0.05, 0.1) is 5.02 Å². The van der Waals surface area contributed by atoms with Gasteiger partial charge in [-0.2, -0.15) is 0 Å². The largest absolute Gasteiger partial charge is 0.487 e. The van der Waals surface area contributed by atoms with Crippen LogP contribution in [0.4, 0.5) is 0 Å². The summed E-state index contributed by atoms with van der Waals surface area (Å²) in [6, 6.07) is 13.1. The van der Waals surface area contributed by atoms with E-state index in [1.165, 1.54) is 0 Å². The third-order valence-electron chi connectivity index (χ3n) is 2.91. The van der Waals surface area contributed by atoms with E-state index in [2.05, 4.69) is 0 Å². The first kappa shape index (κ1) is 14.9. The molecule has 0 aliphatic heterocycles. The Morgan fingerprint density at radius 2 is 1.75 bits per heavy atom. The molecule has 104 valence electrons. The third-order valence-corrected chi connectivity index (χ3v) is 3.77. The zero-order valence-electron chi connectivity index (χ0n) is 11.0. The van der Waals surface area contributed by atoms with Crippen molar-refractivity contribution in [3.63, 3.8) is 0 Å². The van der Waals surface area contributed by atoms with Gasteiger partial charge in [-0.3, -0.25) is 4.79 Å².